The molecular weight excluding hydrogens is 290 g/mol. The molecule has 1 aliphatic rings. The van der Waals surface area contributed by atoms with Crippen molar-refractivity contribution in [1.82, 2.24) is 19.9 Å². The Labute approximate surface area is 136 Å². The van der Waals surface area contributed by atoms with E-state index in [1.165, 1.54) is 0 Å². The van der Waals surface area contributed by atoms with Crippen LogP contribution >= 0.6 is 0 Å². The van der Waals surface area contributed by atoms with Gasteiger partial charge in [0.05, 0.1) is 0 Å². The van der Waals surface area contributed by atoms with E-state index in [4.69, 9.17) is 5.73 Å². The second-order valence-corrected chi connectivity index (χ2v) is 5.94. The molecule has 0 aliphatic carbocycles. The fourth-order valence-corrected chi connectivity index (χ4v) is 2.88. The third-order valence-electron chi connectivity index (χ3n) is 4.34. The van der Waals surface area contributed by atoms with Gasteiger partial charge in [-0.2, -0.15) is 0 Å². The van der Waals surface area contributed by atoms with Crippen LogP contribution in [0.5, 0.6) is 0 Å². The minimum absolute atomic E-state index is 0.450. The summed E-state index contributed by atoms with van der Waals surface area (Å²) in [4.78, 5) is 17.4. The van der Waals surface area contributed by atoms with Crippen LogP contribution in [0.4, 0.5) is 23.1 Å². The molecule has 23 heavy (non-hydrogen) atoms. The van der Waals surface area contributed by atoms with Crippen molar-refractivity contribution in [2.75, 3.05) is 43.1 Å². The number of nitrogens with two attached hydrogens (primary N) is 1. The molecule has 0 radical (unpaired) electrons. The first-order valence-corrected chi connectivity index (χ1v) is 7.85. The minimum Gasteiger partial charge on any atom is -0.393 e. The van der Waals surface area contributed by atoms with Gasteiger partial charge in [-0.05, 0) is 45.1 Å². The highest BCUT2D eigenvalue weighted by atomic mass is 15.2. The van der Waals surface area contributed by atoms with Crippen LogP contribution < -0.4 is 16.0 Å². The quantitative estimate of drug-likeness (QED) is 0.889. The lowest BCUT2D eigenvalue weighted by atomic mass is 10.0. The number of anilines is 4. The van der Waals surface area contributed by atoms with Crippen molar-refractivity contribution in [3.05, 3.63) is 30.7 Å². The largest absolute Gasteiger partial charge is 0.393 e. The lowest BCUT2D eigenvalue weighted by molar-refractivity contribution is 0.252. The van der Waals surface area contributed by atoms with Gasteiger partial charge >= 0.3 is 0 Å². The van der Waals surface area contributed by atoms with Crippen molar-refractivity contribution in [1.29, 1.82) is 0 Å². The highest BCUT2D eigenvalue weighted by Crippen LogP contribution is 2.30. The van der Waals surface area contributed by atoms with Crippen LogP contribution in [-0.4, -0.2) is 53.1 Å². The number of piperidine rings is 1. The molecule has 3 N–H and O–H groups in total. The Balaban J connectivity index is 1.79. The SMILES string of the molecule is CN1CCC(N(C)c2ncnc(Nc3ccccn3)c2N)CC1. The number of nitrogens with zero attached hydrogens (tertiary/aromatic N) is 5. The standard InChI is InChI=1S/C16H23N7/c1-22-9-6-12(7-10-22)23(2)16-14(17)15(19-11-20-16)21-13-5-3-4-8-18-13/h3-5,8,11-12H,6-7,9-10,17H2,1-2H3,(H,18,19,20,21). The van der Waals surface area contributed by atoms with Gasteiger partial charge in [0.1, 0.15) is 17.8 Å². The Morgan fingerprint density at radius 3 is 2.70 bits per heavy atom. The Morgan fingerprint density at radius 1 is 1.22 bits per heavy atom. The number of hydrogen-bond acceptors (Lipinski definition) is 7. The van der Waals surface area contributed by atoms with Crippen molar-refractivity contribution < 1.29 is 0 Å². The van der Waals surface area contributed by atoms with Crippen LogP contribution in [0.15, 0.2) is 30.7 Å². The zero-order chi connectivity index (χ0) is 16.2. The summed E-state index contributed by atoms with van der Waals surface area (Å²) in [5, 5.41) is 3.16. The Hall–Kier alpha value is -2.41. The maximum absolute atomic E-state index is 6.30. The molecule has 7 nitrogen and oxygen atoms in total. The topological polar surface area (TPSA) is 83.2 Å². The number of rotatable bonds is 4. The van der Waals surface area contributed by atoms with Crippen molar-refractivity contribution in [3.63, 3.8) is 0 Å². The summed E-state index contributed by atoms with van der Waals surface area (Å²) in [6.45, 7) is 2.19. The zero-order valence-electron chi connectivity index (χ0n) is 13.6. The number of nitrogen functional groups attached to an aromatic ring is 1. The highest BCUT2D eigenvalue weighted by Gasteiger charge is 2.23. The average molecular weight is 313 g/mol. The second kappa shape index (κ2) is 6.78. The van der Waals surface area contributed by atoms with E-state index in [2.05, 4.69) is 44.2 Å². The lowest BCUT2D eigenvalue weighted by Gasteiger charge is -2.36. The number of hydrogen-bond donors (Lipinski definition) is 2. The molecule has 0 atom stereocenters. The Bertz CT molecular complexity index is 638. The van der Waals surface area contributed by atoms with Crippen LogP contribution in [0, 0.1) is 0 Å². The third kappa shape index (κ3) is 3.50. The summed E-state index contributed by atoms with van der Waals surface area (Å²) in [6.07, 6.45) is 5.49. The Morgan fingerprint density at radius 2 is 2.00 bits per heavy atom. The molecule has 1 aliphatic heterocycles. The number of likely N-dealkylation sites (tertiary alicyclic amines) is 1. The van der Waals surface area contributed by atoms with Crippen molar-refractivity contribution in [3.8, 4) is 0 Å². The Kier molecular flexibility index (Phi) is 4.57. The van der Waals surface area contributed by atoms with E-state index in [0.717, 1.165) is 31.7 Å². The zero-order valence-corrected chi connectivity index (χ0v) is 13.6. The van der Waals surface area contributed by atoms with Gasteiger partial charge < -0.3 is 20.9 Å². The molecular formula is C16H23N7. The monoisotopic (exact) mass is 313 g/mol. The van der Waals surface area contributed by atoms with Crippen molar-refractivity contribution >= 4 is 23.1 Å². The third-order valence-corrected chi connectivity index (χ3v) is 4.34. The van der Waals surface area contributed by atoms with E-state index in [0.29, 0.717) is 23.4 Å². The second-order valence-electron chi connectivity index (χ2n) is 5.94. The van der Waals surface area contributed by atoms with Crippen molar-refractivity contribution in [2.45, 2.75) is 18.9 Å². The molecule has 7 heteroatoms. The molecule has 0 unspecified atom stereocenters. The molecule has 0 saturated carbocycles. The van der Waals surface area contributed by atoms with Crippen molar-refractivity contribution in [2.24, 2.45) is 0 Å². The van der Waals surface area contributed by atoms with Gasteiger partial charge in [-0.15, -0.1) is 0 Å². The lowest BCUT2D eigenvalue weighted by Crippen LogP contribution is -2.42. The van der Waals surface area contributed by atoms with E-state index >= 15 is 0 Å². The number of pyridine rings is 1. The molecule has 3 heterocycles. The molecule has 1 saturated heterocycles. The van der Waals surface area contributed by atoms with E-state index < -0.39 is 0 Å². The summed E-state index contributed by atoms with van der Waals surface area (Å²) < 4.78 is 0. The summed E-state index contributed by atoms with van der Waals surface area (Å²) >= 11 is 0. The molecule has 2 aromatic heterocycles. The summed E-state index contributed by atoms with van der Waals surface area (Å²) in [7, 11) is 4.21. The number of aromatic nitrogens is 3. The van der Waals surface area contributed by atoms with Crippen LogP contribution in [-0.2, 0) is 0 Å². The molecule has 3 rings (SSSR count). The van der Waals surface area contributed by atoms with Crippen LogP contribution in [0.3, 0.4) is 0 Å². The van der Waals surface area contributed by atoms with Gasteiger partial charge in [0.25, 0.3) is 0 Å². The maximum Gasteiger partial charge on any atom is 0.160 e. The molecule has 1 fully saturated rings. The first-order valence-electron chi connectivity index (χ1n) is 7.85. The predicted molar refractivity (Wildman–Crippen MR) is 92.9 cm³/mol. The smallest absolute Gasteiger partial charge is 0.160 e. The molecule has 0 spiro atoms. The molecule has 0 aromatic carbocycles. The highest BCUT2D eigenvalue weighted by molar-refractivity contribution is 5.77. The maximum atomic E-state index is 6.30. The normalized spacial score (nSPS) is 16.3. The number of nitrogens with one attached hydrogen (secondary N) is 1. The van der Waals surface area contributed by atoms with Gasteiger partial charge in [0.15, 0.2) is 11.6 Å². The van der Waals surface area contributed by atoms with Gasteiger partial charge in [-0.3, -0.25) is 0 Å². The van der Waals surface area contributed by atoms with Crippen LogP contribution in [0.25, 0.3) is 0 Å². The van der Waals surface area contributed by atoms with Gasteiger partial charge in [-0.1, -0.05) is 6.07 Å². The first-order chi connectivity index (χ1) is 11.1. The molecule has 2 aromatic rings. The van der Waals surface area contributed by atoms with Crippen LogP contribution in [0.1, 0.15) is 12.8 Å². The van der Waals surface area contributed by atoms with E-state index in [1.807, 2.05) is 18.2 Å². The van der Waals surface area contributed by atoms with E-state index in [1.54, 1.807) is 12.5 Å². The minimum atomic E-state index is 0.450. The fourth-order valence-electron chi connectivity index (χ4n) is 2.88. The summed E-state index contributed by atoms with van der Waals surface area (Å²) in [5.74, 6) is 2.08. The van der Waals surface area contributed by atoms with Crippen LogP contribution in [0.2, 0.25) is 0 Å². The van der Waals surface area contributed by atoms with Gasteiger partial charge in [0, 0.05) is 19.3 Å². The van der Waals surface area contributed by atoms with Gasteiger partial charge in [0.2, 0.25) is 0 Å². The fraction of sp³-hybridized carbons (Fsp3) is 0.438. The molecule has 0 amide bonds. The molecule has 0 bridgehead atoms. The average Bonchev–Trinajstić information content (AvgIpc) is 2.58. The first kappa shape index (κ1) is 15.5. The van der Waals surface area contributed by atoms with E-state index in [9.17, 15) is 0 Å². The summed E-state index contributed by atoms with van der Waals surface area (Å²) in [6, 6.07) is 6.11. The van der Waals surface area contributed by atoms with E-state index in [-0.39, 0.29) is 0 Å². The predicted octanol–water partition coefficient (Wildman–Crippen LogP) is 1.73. The van der Waals surface area contributed by atoms with Gasteiger partial charge in [-0.25, -0.2) is 15.0 Å². The summed E-state index contributed by atoms with van der Waals surface area (Å²) in [5.41, 5.74) is 6.85. The molecule has 122 valence electrons.